The van der Waals surface area contributed by atoms with Gasteiger partial charge in [0.05, 0.1) is 7.11 Å². The molecule has 2 aliphatic carbocycles. The molecular weight excluding hydrogens is 178 g/mol. The van der Waals surface area contributed by atoms with Crippen molar-refractivity contribution in [3.05, 3.63) is 0 Å². The number of methoxy groups -OCH3 is 1. The van der Waals surface area contributed by atoms with Crippen molar-refractivity contribution in [2.45, 2.75) is 44.6 Å². The molecule has 0 saturated heterocycles. The van der Waals surface area contributed by atoms with Crippen molar-refractivity contribution in [3.63, 3.8) is 0 Å². The van der Waals surface area contributed by atoms with E-state index >= 15 is 0 Å². The van der Waals surface area contributed by atoms with E-state index in [1.807, 2.05) is 0 Å². The molecule has 3 nitrogen and oxygen atoms in total. The third-order valence-electron chi connectivity index (χ3n) is 4.07. The molecule has 2 saturated carbocycles. The van der Waals surface area contributed by atoms with Crippen LogP contribution in [0.4, 0.5) is 0 Å². The van der Waals surface area contributed by atoms with Crippen LogP contribution in [0.3, 0.4) is 0 Å². The maximum Gasteiger partial charge on any atom is 0.323 e. The number of carbonyl (C=O) groups is 1. The molecule has 3 heteroatoms. The summed E-state index contributed by atoms with van der Waals surface area (Å²) in [7, 11) is 1.42. The lowest BCUT2D eigenvalue weighted by Gasteiger charge is -2.27. The molecule has 0 aromatic carbocycles. The molecule has 0 aromatic heterocycles. The molecule has 80 valence electrons. The number of esters is 1. The number of carbonyl (C=O) groups excluding carboxylic acids is 1. The second kappa shape index (κ2) is 3.54. The first kappa shape index (κ1) is 9.97. The number of nitrogens with two attached hydrogens (primary N) is 1. The van der Waals surface area contributed by atoms with Gasteiger partial charge in [0.25, 0.3) is 0 Å². The smallest absolute Gasteiger partial charge is 0.323 e. The number of hydrogen-bond acceptors (Lipinski definition) is 3. The van der Waals surface area contributed by atoms with Gasteiger partial charge in [-0.15, -0.1) is 0 Å². The predicted molar refractivity (Wildman–Crippen MR) is 53.6 cm³/mol. The molecular formula is C11H19NO2. The predicted octanol–water partition coefficient (Wildman–Crippen LogP) is 1.46. The Morgan fingerprint density at radius 2 is 2.00 bits per heavy atom. The lowest BCUT2D eigenvalue weighted by Crippen LogP contribution is -2.43. The van der Waals surface area contributed by atoms with Gasteiger partial charge in [0.15, 0.2) is 0 Å². The van der Waals surface area contributed by atoms with Gasteiger partial charge in [-0.2, -0.15) is 0 Å². The van der Waals surface area contributed by atoms with Crippen LogP contribution < -0.4 is 5.73 Å². The molecule has 2 fully saturated rings. The van der Waals surface area contributed by atoms with Crippen LogP contribution in [0.1, 0.15) is 38.5 Å². The summed E-state index contributed by atoms with van der Waals surface area (Å²) in [5.74, 6) is 0.450. The molecule has 2 rings (SSSR count). The highest BCUT2D eigenvalue weighted by molar-refractivity contribution is 5.77. The van der Waals surface area contributed by atoms with Crippen LogP contribution >= 0.6 is 0 Å². The average Bonchev–Trinajstić information content (AvgIpc) is 2.84. The molecule has 0 bridgehead atoms. The Hall–Kier alpha value is -0.570. The van der Waals surface area contributed by atoms with Gasteiger partial charge in [-0.25, -0.2) is 0 Å². The van der Waals surface area contributed by atoms with Crippen molar-refractivity contribution in [1.29, 1.82) is 0 Å². The van der Waals surface area contributed by atoms with E-state index in [2.05, 4.69) is 0 Å². The molecule has 2 aliphatic rings. The molecule has 0 spiro atoms. The molecule has 0 aliphatic heterocycles. The maximum absolute atomic E-state index is 11.4. The third kappa shape index (κ3) is 1.44. The minimum Gasteiger partial charge on any atom is -0.468 e. The first-order valence-electron chi connectivity index (χ1n) is 5.54. The molecule has 0 aromatic rings. The van der Waals surface area contributed by atoms with E-state index < -0.39 is 0 Å². The Labute approximate surface area is 85.0 Å². The van der Waals surface area contributed by atoms with E-state index in [4.69, 9.17) is 10.5 Å². The fourth-order valence-corrected chi connectivity index (χ4v) is 2.98. The van der Waals surface area contributed by atoms with Crippen molar-refractivity contribution < 1.29 is 9.53 Å². The third-order valence-corrected chi connectivity index (χ3v) is 4.07. The molecule has 2 N–H and O–H groups in total. The van der Waals surface area contributed by atoms with Crippen molar-refractivity contribution in [3.8, 4) is 0 Å². The van der Waals surface area contributed by atoms with Crippen LogP contribution in [0.15, 0.2) is 0 Å². The first-order valence-corrected chi connectivity index (χ1v) is 5.54. The largest absolute Gasteiger partial charge is 0.468 e. The first-order chi connectivity index (χ1) is 6.70. The van der Waals surface area contributed by atoms with E-state index in [1.165, 1.54) is 32.8 Å². The summed E-state index contributed by atoms with van der Waals surface area (Å²) >= 11 is 0. The standard InChI is InChI=1S/C11H19NO2/c1-14-10(13)9(12)11(6-7-11)8-4-2-3-5-8/h8-9H,2-7,12H2,1H3. The Morgan fingerprint density at radius 1 is 1.43 bits per heavy atom. The van der Waals surface area contributed by atoms with Crippen LogP contribution in [-0.2, 0) is 9.53 Å². The quantitative estimate of drug-likeness (QED) is 0.697. The number of rotatable bonds is 3. The Kier molecular flexibility index (Phi) is 2.52. The van der Waals surface area contributed by atoms with Crippen LogP contribution in [0.25, 0.3) is 0 Å². The highest BCUT2D eigenvalue weighted by Gasteiger charge is 2.56. The van der Waals surface area contributed by atoms with Gasteiger partial charge < -0.3 is 10.5 Å². The maximum atomic E-state index is 11.4. The van der Waals surface area contributed by atoms with Gasteiger partial charge in [-0.05, 0) is 37.0 Å². The number of ether oxygens (including phenoxy) is 1. The SMILES string of the molecule is COC(=O)C(N)C1(C2CCCC2)CC1. The van der Waals surface area contributed by atoms with E-state index in [0.29, 0.717) is 5.92 Å². The van der Waals surface area contributed by atoms with Crippen LogP contribution in [0, 0.1) is 11.3 Å². The van der Waals surface area contributed by atoms with E-state index in [0.717, 1.165) is 12.8 Å². The zero-order chi connectivity index (χ0) is 10.2. The fraction of sp³-hybridized carbons (Fsp3) is 0.909. The minimum absolute atomic E-state index is 0.115. The second-order valence-electron chi connectivity index (χ2n) is 4.72. The van der Waals surface area contributed by atoms with E-state index in [1.54, 1.807) is 0 Å². The highest BCUT2D eigenvalue weighted by atomic mass is 16.5. The average molecular weight is 197 g/mol. The zero-order valence-corrected chi connectivity index (χ0v) is 8.79. The lowest BCUT2D eigenvalue weighted by molar-refractivity contribution is -0.144. The minimum atomic E-state index is -0.379. The van der Waals surface area contributed by atoms with Gasteiger partial charge in [0.2, 0.25) is 0 Å². The Bertz CT molecular complexity index is 229. The molecule has 14 heavy (non-hydrogen) atoms. The van der Waals surface area contributed by atoms with E-state index in [9.17, 15) is 4.79 Å². The second-order valence-corrected chi connectivity index (χ2v) is 4.72. The Balaban J connectivity index is 2.04. The monoisotopic (exact) mass is 197 g/mol. The van der Waals surface area contributed by atoms with E-state index in [-0.39, 0.29) is 17.4 Å². The lowest BCUT2D eigenvalue weighted by atomic mass is 9.81. The summed E-state index contributed by atoms with van der Waals surface area (Å²) in [6.07, 6.45) is 7.36. The van der Waals surface area contributed by atoms with Crippen molar-refractivity contribution >= 4 is 5.97 Å². The summed E-state index contributed by atoms with van der Waals surface area (Å²) in [6.45, 7) is 0. The highest BCUT2D eigenvalue weighted by Crippen LogP contribution is 2.58. The van der Waals surface area contributed by atoms with Crippen LogP contribution in [-0.4, -0.2) is 19.1 Å². The molecule has 1 atom stereocenters. The van der Waals surface area contributed by atoms with Gasteiger partial charge in [-0.1, -0.05) is 12.8 Å². The summed E-state index contributed by atoms with van der Waals surface area (Å²) in [6, 6.07) is -0.379. The summed E-state index contributed by atoms with van der Waals surface area (Å²) in [5, 5.41) is 0. The summed E-state index contributed by atoms with van der Waals surface area (Å²) in [4.78, 5) is 11.4. The van der Waals surface area contributed by atoms with Gasteiger partial charge in [0.1, 0.15) is 6.04 Å². The molecule has 1 unspecified atom stereocenters. The normalized spacial score (nSPS) is 27.3. The van der Waals surface area contributed by atoms with Crippen molar-refractivity contribution in [2.24, 2.45) is 17.1 Å². The van der Waals surface area contributed by atoms with Gasteiger partial charge in [0, 0.05) is 0 Å². The van der Waals surface area contributed by atoms with Gasteiger partial charge in [-0.3, -0.25) is 4.79 Å². The van der Waals surface area contributed by atoms with Crippen molar-refractivity contribution in [2.75, 3.05) is 7.11 Å². The van der Waals surface area contributed by atoms with Crippen LogP contribution in [0.5, 0.6) is 0 Å². The van der Waals surface area contributed by atoms with Gasteiger partial charge >= 0.3 is 5.97 Å². The summed E-state index contributed by atoms with van der Waals surface area (Å²) in [5.41, 5.74) is 6.09. The number of hydrogen-bond donors (Lipinski definition) is 1. The Morgan fingerprint density at radius 3 is 2.43 bits per heavy atom. The molecule has 0 radical (unpaired) electrons. The molecule has 0 amide bonds. The summed E-state index contributed by atoms with van der Waals surface area (Å²) < 4.78 is 4.73. The molecule has 0 heterocycles. The van der Waals surface area contributed by atoms with Crippen LogP contribution in [0.2, 0.25) is 0 Å². The zero-order valence-electron chi connectivity index (χ0n) is 8.79. The topological polar surface area (TPSA) is 52.3 Å². The fourth-order valence-electron chi connectivity index (χ4n) is 2.98. The van der Waals surface area contributed by atoms with Crippen molar-refractivity contribution in [1.82, 2.24) is 0 Å².